The SMILES string of the molecule is CS(=O)(=O)O.Cc1ccc2c(c1)C(=O)c1cc(-c3cc4c(cc3O)C3(CC(C(=O)O)(C(=O)O)c5cc(C)c(O)cc53)CC4(C(=O)O)C(=O)O)ccc1-2. The van der Waals surface area contributed by atoms with Gasteiger partial charge in [-0.05, 0) is 102 Å². The number of carbonyl (C=O) groups is 5. The zero-order valence-corrected chi connectivity index (χ0v) is 28.4. The van der Waals surface area contributed by atoms with Gasteiger partial charge in [-0.2, -0.15) is 8.42 Å². The Hall–Kier alpha value is -6.06. The first kappa shape index (κ1) is 35.8. The van der Waals surface area contributed by atoms with E-state index in [0.29, 0.717) is 22.9 Å². The molecule has 4 aromatic rings. The summed E-state index contributed by atoms with van der Waals surface area (Å²) in [5, 5.41) is 64.0. The lowest BCUT2D eigenvalue weighted by molar-refractivity contribution is -0.158. The lowest BCUT2D eigenvalue weighted by Gasteiger charge is -2.30. The van der Waals surface area contributed by atoms with Gasteiger partial charge in [-0.3, -0.25) is 28.5 Å². The van der Waals surface area contributed by atoms with Crippen LogP contribution in [-0.4, -0.2) is 79.5 Å². The molecule has 0 amide bonds. The van der Waals surface area contributed by atoms with Crippen LogP contribution in [0.3, 0.4) is 0 Å². The van der Waals surface area contributed by atoms with Gasteiger partial charge in [-0.1, -0.05) is 35.9 Å². The highest BCUT2D eigenvalue weighted by Crippen LogP contribution is 2.65. The second-order valence-corrected chi connectivity index (χ2v) is 14.9. The summed E-state index contributed by atoms with van der Waals surface area (Å²) in [4.78, 5) is 65.0. The number of phenolic OH excluding ortho intramolecular Hbond substituents is 2. The summed E-state index contributed by atoms with van der Waals surface area (Å²) in [7, 11) is -3.67. The fourth-order valence-corrected chi connectivity index (χ4v) is 8.00. The van der Waals surface area contributed by atoms with Gasteiger partial charge in [0.05, 0.1) is 6.26 Å². The number of rotatable bonds is 5. The van der Waals surface area contributed by atoms with Crippen molar-refractivity contribution in [2.75, 3.05) is 6.26 Å². The second-order valence-electron chi connectivity index (χ2n) is 13.4. The molecule has 52 heavy (non-hydrogen) atoms. The van der Waals surface area contributed by atoms with Crippen LogP contribution in [0.25, 0.3) is 22.3 Å². The molecule has 0 radical (unpaired) electrons. The van der Waals surface area contributed by atoms with Gasteiger partial charge >= 0.3 is 23.9 Å². The van der Waals surface area contributed by atoms with Gasteiger partial charge in [0.25, 0.3) is 10.1 Å². The van der Waals surface area contributed by atoms with Crippen molar-refractivity contribution < 1.29 is 67.6 Å². The fraction of sp³-hybridized carbons (Fsp3) is 0.216. The highest BCUT2D eigenvalue weighted by Gasteiger charge is 2.70. The van der Waals surface area contributed by atoms with Crippen LogP contribution in [0.5, 0.6) is 11.5 Å². The van der Waals surface area contributed by atoms with Crippen molar-refractivity contribution in [3.05, 3.63) is 105 Å². The molecule has 0 bridgehead atoms. The van der Waals surface area contributed by atoms with Crippen LogP contribution < -0.4 is 0 Å². The molecule has 0 saturated carbocycles. The first-order valence-corrected chi connectivity index (χ1v) is 17.3. The Morgan fingerprint density at radius 1 is 0.596 bits per heavy atom. The van der Waals surface area contributed by atoms with Crippen LogP contribution in [0, 0.1) is 13.8 Å². The lowest BCUT2D eigenvalue weighted by Crippen LogP contribution is -2.45. The maximum Gasteiger partial charge on any atom is 0.325 e. The minimum absolute atomic E-state index is 0.0168. The van der Waals surface area contributed by atoms with Crippen LogP contribution in [0.15, 0.2) is 60.7 Å². The van der Waals surface area contributed by atoms with Crippen LogP contribution >= 0.6 is 0 Å². The summed E-state index contributed by atoms with van der Waals surface area (Å²) in [6.45, 7) is 3.30. The molecular formula is C37H30O14S. The average molecular weight is 731 g/mol. The van der Waals surface area contributed by atoms with Gasteiger partial charge in [-0.25, -0.2) is 0 Å². The summed E-state index contributed by atoms with van der Waals surface area (Å²) >= 11 is 0. The zero-order chi connectivity index (χ0) is 38.5. The number of aliphatic carboxylic acids is 4. The van der Waals surface area contributed by atoms with E-state index < -0.39 is 68.8 Å². The third kappa shape index (κ3) is 4.95. The quantitative estimate of drug-likeness (QED) is 0.0996. The Kier molecular flexibility index (Phi) is 7.89. The topological polar surface area (TPSA) is 261 Å². The number of carboxylic acid groups (broad SMARTS) is 4. The number of carboxylic acids is 4. The van der Waals surface area contributed by atoms with Gasteiger partial charge in [0.1, 0.15) is 11.5 Å². The van der Waals surface area contributed by atoms with Gasteiger partial charge in [0.15, 0.2) is 16.6 Å². The third-order valence-corrected chi connectivity index (χ3v) is 10.3. The molecule has 0 saturated heterocycles. The van der Waals surface area contributed by atoms with Crippen molar-refractivity contribution in [2.24, 2.45) is 0 Å². The fourth-order valence-electron chi connectivity index (χ4n) is 8.00. The van der Waals surface area contributed by atoms with E-state index in [1.807, 2.05) is 19.1 Å². The van der Waals surface area contributed by atoms with E-state index in [1.165, 1.54) is 25.1 Å². The molecule has 0 fully saturated rings. The van der Waals surface area contributed by atoms with Crippen LogP contribution in [0.1, 0.15) is 62.1 Å². The first-order valence-electron chi connectivity index (χ1n) is 15.5. The molecule has 7 rings (SSSR count). The molecule has 0 aliphatic heterocycles. The minimum Gasteiger partial charge on any atom is -0.508 e. The highest BCUT2D eigenvalue weighted by molar-refractivity contribution is 7.85. The van der Waals surface area contributed by atoms with Crippen molar-refractivity contribution in [1.29, 1.82) is 0 Å². The maximum atomic E-state index is 13.4. The number of benzene rings is 4. The molecule has 0 aromatic heterocycles. The van der Waals surface area contributed by atoms with E-state index in [4.69, 9.17) is 4.55 Å². The van der Waals surface area contributed by atoms with Crippen molar-refractivity contribution in [3.8, 4) is 33.8 Å². The molecule has 0 heterocycles. The molecule has 14 nitrogen and oxygen atoms in total. The van der Waals surface area contributed by atoms with E-state index in [1.54, 1.807) is 18.2 Å². The number of ketones is 1. The summed E-state index contributed by atoms with van der Waals surface area (Å²) in [6, 6.07) is 15.0. The van der Waals surface area contributed by atoms with E-state index in [2.05, 4.69) is 0 Å². The number of hydrogen-bond donors (Lipinski definition) is 7. The van der Waals surface area contributed by atoms with Gasteiger partial charge in [-0.15, -0.1) is 0 Å². The summed E-state index contributed by atoms with van der Waals surface area (Å²) in [5.74, 6) is -8.09. The Morgan fingerprint density at radius 3 is 1.54 bits per heavy atom. The second kappa shape index (κ2) is 11.5. The monoisotopic (exact) mass is 730 g/mol. The predicted octanol–water partition coefficient (Wildman–Crippen LogP) is 4.00. The van der Waals surface area contributed by atoms with Crippen LogP contribution in [0.4, 0.5) is 0 Å². The number of carbonyl (C=O) groups excluding carboxylic acids is 1. The minimum atomic E-state index is -3.67. The largest absolute Gasteiger partial charge is 0.508 e. The van der Waals surface area contributed by atoms with Crippen LogP contribution in [0.2, 0.25) is 0 Å². The van der Waals surface area contributed by atoms with Crippen molar-refractivity contribution >= 4 is 39.8 Å². The Morgan fingerprint density at radius 2 is 1.04 bits per heavy atom. The maximum absolute atomic E-state index is 13.4. The Labute approximate surface area is 295 Å². The summed E-state index contributed by atoms with van der Waals surface area (Å²) in [6.07, 6.45) is -0.854. The van der Waals surface area contributed by atoms with E-state index in [0.717, 1.165) is 23.3 Å². The average Bonchev–Trinajstić information content (AvgIpc) is 3.60. The standard InChI is InChI=1S/C36H26O11.CH4O3S/c1-15-3-5-18-19-6-4-17(9-22(19)29(39)21(18)7-15)20-10-26-24(12-28(20)38)34(14-36(26,32(44)45)33(46)47)13-35(30(40)41,31(42)43)25-8-16(2)27(37)11-23(25)34;1-5(2,3)4/h3-12,37-38H,13-14H2,1-2H3,(H,40,41)(H,42,43)(H,44,45)(H,46,47);1H3,(H,2,3,4). The Balaban J connectivity index is 0.000000870. The smallest absolute Gasteiger partial charge is 0.325 e. The summed E-state index contributed by atoms with van der Waals surface area (Å²) < 4.78 is 25.9. The van der Waals surface area contributed by atoms with Crippen molar-refractivity contribution in [1.82, 2.24) is 0 Å². The molecule has 4 aromatic carbocycles. The molecule has 1 unspecified atom stereocenters. The molecule has 1 atom stereocenters. The number of fused-ring (bicyclic) bond motifs is 7. The first-order chi connectivity index (χ1) is 24.1. The molecule has 3 aliphatic rings. The molecule has 3 aliphatic carbocycles. The van der Waals surface area contributed by atoms with E-state index in [-0.39, 0.29) is 50.5 Å². The van der Waals surface area contributed by atoms with Crippen LogP contribution in [-0.2, 0) is 45.5 Å². The van der Waals surface area contributed by atoms with Crippen molar-refractivity contribution in [3.63, 3.8) is 0 Å². The normalized spacial score (nSPS) is 18.4. The third-order valence-electron chi connectivity index (χ3n) is 10.3. The van der Waals surface area contributed by atoms with Gasteiger partial charge in [0.2, 0.25) is 0 Å². The highest BCUT2D eigenvalue weighted by atomic mass is 32.2. The molecule has 268 valence electrons. The number of phenols is 2. The van der Waals surface area contributed by atoms with E-state index in [9.17, 15) is 63.0 Å². The molecule has 7 N–H and O–H groups in total. The number of aryl methyl sites for hydroxylation is 2. The van der Waals surface area contributed by atoms with Gasteiger partial charge < -0.3 is 30.6 Å². The zero-order valence-electron chi connectivity index (χ0n) is 27.6. The van der Waals surface area contributed by atoms with Gasteiger partial charge in [0, 0.05) is 22.1 Å². The molecule has 1 spiro atoms. The summed E-state index contributed by atoms with van der Waals surface area (Å²) in [5.41, 5.74) is -4.25. The number of hydrogen-bond acceptors (Lipinski definition) is 9. The molecule has 15 heteroatoms. The number of aromatic hydroxyl groups is 2. The Bertz CT molecular complexity index is 2410. The van der Waals surface area contributed by atoms with Crippen molar-refractivity contribution in [2.45, 2.75) is 42.9 Å². The lowest BCUT2D eigenvalue weighted by atomic mass is 9.70. The predicted molar refractivity (Wildman–Crippen MR) is 181 cm³/mol. The van der Waals surface area contributed by atoms with E-state index >= 15 is 0 Å². The molecular weight excluding hydrogens is 700 g/mol.